The molecule has 30 heavy (non-hydrogen) atoms. The van der Waals surface area contributed by atoms with Crippen molar-refractivity contribution in [2.45, 2.75) is 51.9 Å². The number of carbonyl (C=O) groups excluding carboxylic acids is 1. The second-order valence-electron chi connectivity index (χ2n) is 8.73. The highest BCUT2D eigenvalue weighted by Crippen LogP contribution is 2.25. The predicted octanol–water partition coefficient (Wildman–Crippen LogP) is 4.25. The fourth-order valence-electron chi connectivity index (χ4n) is 4.78. The first-order chi connectivity index (χ1) is 14.1. The summed E-state index contributed by atoms with van der Waals surface area (Å²) >= 11 is 0. The second kappa shape index (κ2) is 10.5. The molecule has 0 saturated carbocycles. The number of amides is 1. The van der Waals surface area contributed by atoms with Crippen molar-refractivity contribution in [2.24, 2.45) is 11.8 Å². The van der Waals surface area contributed by atoms with E-state index < -0.39 is 0 Å². The van der Waals surface area contributed by atoms with E-state index in [0.29, 0.717) is 24.2 Å². The minimum absolute atomic E-state index is 0. The Bertz CT molecular complexity index is 912. The van der Waals surface area contributed by atoms with Gasteiger partial charge in [0.25, 0.3) is 0 Å². The maximum absolute atomic E-state index is 12.6. The van der Waals surface area contributed by atoms with Gasteiger partial charge in [0.15, 0.2) is 5.43 Å². The first kappa shape index (κ1) is 22.8. The van der Waals surface area contributed by atoms with Crippen LogP contribution in [0.3, 0.4) is 0 Å². The lowest BCUT2D eigenvalue weighted by molar-refractivity contribution is -0.134. The van der Waals surface area contributed by atoms with Gasteiger partial charge in [0.1, 0.15) is 0 Å². The second-order valence-corrected chi connectivity index (χ2v) is 8.73. The molecule has 6 heteroatoms. The number of para-hydroxylation sites is 1. The molecule has 3 heterocycles. The number of aromatic amines is 1. The van der Waals surface area contributed by atoms with Gasteiger partial charge in [0.2, 0.25) is 5.91 Å². The average molecular weight is 433 g/mol. The summed E-state index contributed by atoms with van der Waals surface area (Å²) in [4.78, 5) is 30.8. The number of piperidine rings is 1. The molecular formula is C24H33ClN2O3. The summed E-state index contributed by atoms with van der Waals surface area (Å²) in [6, 6.07) is 7.73. The van der Waals surface area contributed by atoms with E-state index in [9.17, 15) is 9.59 Å². The van der Waals surface area contributed by atoms with Gasteiger partial charge in [-0.1, -0.05) is 12.1 Å². The van der Waals surface area contributed by atoms with Crippen LogP contribution in [0, 0.1) is 18.8 Å². The Hall–Kier alpha value is -1.85. The molecular weight excluding hydrogens is 400 g/mol. The van der Waals surface area contributed by atoms with E-state index in [4.69, 9.17) is 4.74 Å². The molecule has 1 amide bonds. The van der Waals surface area contributed by atoms with Crippen LogP contribution >= 0.6 is 12.4 Å². The predicted molar refractivity (Wildman–Crippen MR) is 122 cm³/mol. The molecule has 0 atom stereocenters. The number of H-pyrrole nitrogens is 1. The normalized spacial score (nSPS) is 18.4. The van der Waals surface area contributed by atoms with E-state index in [0.717, 1.165) is 87.0 Å². The first-order valence-electron chi connectivity index (χ1n) is 11.1. The number of pyridine rings is 1. The van der Waals surface area contributed by atoms with Crippen molar-refractivity contribution in [1.29, 1.82) is 0 Å². The number of likely N-dealkylation sites (tertiary alicyclic amines) is 1. The molecule has 4 rings (SSSR count). The standard InChI is InChI=1S/C24H32N2O3.ClH/c1-17-21(25-22-5-3-2-4-20(22)24(17)28)7-6-18-8-12-26(13-9-18)23(27)16-19-10-14-29-15-11-19;/h2-5,18-19H,6-16H2,1H3,(H,25,28);1H. The van der Waals surface area contributed by atoms with E-state index in [1.54, 1.807) is 0 Å². The van der Waals surface area contributed by atoms with Crippen LogP contribution in [0.15, 0.2) is 29.1 Å². The molecule has 2 aliphatic heterocycles. The van der Waals surface area contributed by atoms with Gasteiger partial charge >= 0.3 is 0 Å². The largest absolute Gasteiger partial charge is 0.381 e. The summed E-state index contributed by atoms with van der Waals surface area (Å²) < 4.78 is 5.40. The van der Waals surface area contributed by atoms with Crippen LogP contribution in [-0.2, 0) is 16.0 Å². The number of nitrogens with one attached hydrogen (secondary N) is 1. The molecule has 1 aromatic heterocycles. The molecule has 0 radical (unpaired) electrons. The molecule has 0 bridgehead atoms. The van der Waals surface area contributed by atoms with Crippen molar-refractivity contribution in [1.82, 2.24) is 9.88 Å². The topological polar surface area (TPSA) is 62.4 Å². The molecule has 1 aromatic carbocycles. The third kappa shape index (κ3) is 5.25. The van der Waals surface area contributed by atoms with E-state index >= 15 is 0 Å². The van der Waals surface area contributed by atoms with Crippen molar-refractivity contribution >= 4 is 29.2 Å². The highest BCUT2D eigenvalue weighted by molar-refractivity contribution is 5.85. The molecule has 1 N–H and O–H groups in total. The quantitative estimate of drug-likeness (QED) is 0.768. The zero-order valence-electron chi connectivity index (χ0n) is 17.8. The van der Waals surface area contributed by atoms with Gasteiger partial charge in [-0.2, -0.15) is 0 Å². The van der Waals surface area contributed by atoms with E-state index in [1.807, 2.05) is 31.2 Å². The molecule has 164 valence electrons. The number of fused-ring (bicyclic) bond motifs is 1. The number of ether oxygens (including phenoxy) is 1. The summed E-state index contributed by atoms with van der Waals surface area (Å²) in [6.07, 6.45) is 6.82. The Kier molecular flexibility index (Phi) is 7.95. The maximum atomic E-state index is 12.6. The molecule has 2 saturated heterocycles. The van der Waals surface area contributed by atoms with Gasteiger partial charge in [0.05, 0.1) is 0 Å². The Morgan fingerprint density at radius 2 is 1.80 bits per heavy atom. The first-order valence-corrected chi connectivity index (χ1v) is 11.1. The van der Waals surface area contributed by atoms with Crippen LogP contribution in [0.2, 0.25) is 0 Å². The number of nitrogens with zero attached hydrogens (tertiary/aromatic N) is 1. The number of halogens is 1. The SMILES string of the molecule is Cc1c(CCC2CCN(C(=O)CC3CCOCC3)CC2)[nH]c2ccccc2c1=O.Cl. The third-order valence-corrected chi connectivity index (χ3v) is 6.82. The number of carbonyl (C=O) groups is 1. The van der Waals surface area contributed by atoms with Crippen LogP contribution in [0.5, 0.6) is 0 Å². The fourth-order valence-corrected chi connectivity index (χ4v) is 4.78. The summed E-state index contributed by atoms with van der Waals surface area (Å²) in [6.45, 7) is 5.28. The van der Waals surface area contributed by atoms with Crippen molar-refractivity contribution in [3.05, 3.63) is 45.7 Å². The summed E-state index contributed by atoms with van der Waals surface area (Å²) in [7, 11) is 0. The lowest BCUT2D eigenvalue weighted by Crippen LogP contribution is -2.39. The van der Waals surface area contributed by atoms with Gasteiger partial charge in [-0.15, -0.1) is 12.4 Å². The van der Waals surface area contributed by atoms with Gasteiger partial charge in [-0.05, 0) is 69.4 Å². The Morgan fingerprint density at radius 1 is 1.10 bits per heavy atom. The maximum Gasteiger partial charge on any atom is 0.222 e. The number of hydrogen-bond acceptors (Lipinski definition) is 3. The summed E-state index contributed by atoms with van der Waals surface area (Å²) in [5.41, 5.74) is 2.97. The number of benzene rings is 1. The molecule has 2 fully saturated rings. The Labute approximate surface area is 184 Å². The highest BCUT2D eigenvalue weighted by atomic mass is 35.5. The van der Waals surface area contributed by atoms with Gasteiger partial charge in [-0.3, -0.25) is 9.59 Å². The van der Waals surface area contributed by atoms with Crippen molar-refractivity contribution in [3.63, 3.8) is 0 Å². The third-order valence-electron chi connectivity index (χ3n) is 6.82. The Morgan fingerprint density at radius 3 is 2.53 bits per heavy atom. The van der Waals surface area contributed by atoms with Crippen LogP contribution in [0.25, 0.3) is 10.9 Å². The smallest absolute Gasteiger partial charge is 0.222 e. The number of hydrogen-bond donors (Lipinski definition) is 1. The number of aromatic nitrogens is 1. The molecule has 2 aliphatic rings. The molecule has 0 unspecified atom stereocenters. The highest BCUT2D eigenvalue weighted by Gasteiger charge is 2.25. The number of aryl methyl sites for hydroxylation is 1. The minimum Gasteiger partial charge on any atom is -0.381 e. The molecule has 0 aliphatic carbocycles. The van der Waals surface area contributed by atoms with Gasteiger partial charge in [-0.25, -0.2) is 0 Å². The van der Waals surface area contributed by atoms with Crippen molar-refractivity contribution in [2.75, 3.05) is 26.3 Å². The van der Waals surface area contributed by atoms with E-state index in [2.05, 4.69) is 9.88 Å². The monoisotopic (exact) mass is 432 g/mol. The molecule has 0 spiro atoms. The van der Waals surface area contributed by atoms with Crippen molar-refractivity contribution in [3.8, 4) is 0 Å². The van der Waals surface area contributed by atoms with Gasteiger partial charge < -0.3 is 14.6 Å². The molecule has 2 aromatic rings. The Balaban J connectivity index is 0.00000256. The van der Waals surface area contributed by atoms with Crippen LogP contribution < -0.4 is 5.43 Å². The molecule has 5 nitrogen and oxygen atoms in total. The lowest BCUT2D eigenvalue weighted by Gasteiger charge is -2.33. The lowest BCUT2D eigenvalue weighted by atomic mass is 9.90. The van der Waals surface area contributed by atoms with Crippen LogP contribution in [0.4, 0.5) is 0 Å². The minimum atomic E-state index is 0. The zero-order valence-corrected chi connectivity index (χ0v) is 18.6. The van der Waals surface area contributed by atoms with Crippen molar-refractivity contribution < 1.29 is 9.53 Å². The fraction of sp³-hybridized carbons (Fsp3) is 0.583. The average Bonchev–Trinajstić information content (AvgIpc) is 2.76. The van der Waals surface area contributed by atoms with E-state index in [1.165, 1.54) is 0 Å². The van der Waals surface area contributed by atoms with E-state index in [-0.39, 0.29) is 17.8 Å². The van der Waals surface area contributed by atoms with Gasteiger partial charge in [0, 0.05) is 54.9 Å². The van der Waals surface area contributed by atoms with Crippen LogP contribution in [0.1, 0.15) is 49.8 Å². The summed E-state index contributed by atoms with van der Waals surface area (Å²) in [5.74, 6) is 1.45. The number of rotatable bonds is 5. The zero-order chi connectivity index (χ0) is 20.2. The summed E-state index contributed by atoms with van der Waals surface area (Å²) in [5, 5.41) is 0.769. The van der Waals surface area contributed by atoms with Crippen LogP contribution in [-0.4, -0.2) is 42.1 Å².